The first-order chi connectivity index (χ1) is 8.86. The maximum Gasteiger partial charge on any atom is 0.317 e. The summed E-state index contributed by atoms with van der Waals surface area (Å²) in [7, 11) is -3.02. The molecule has 7 heteroatoms. The number of carboxylic acids is 1. The quantitative estimate of drug-likeness (QED) is 0.751. The smallest absolute Gasteiger partial charge is 0.317 e. The van der Waals surface area contributed by atoms with Crippen molar-refractivity contribution in [3.63, 3.8) is 0 Å². The SMILES string of the molecule is N#CCC1(CN(CC(=O)O)C2CCS(=O)(=O)C2)CC1. The molecule has 106 valence electrons. The molecular formula is C12H18N2O4S. The van der Waals surface area contributed by atoms with E-state index in [2.05, 4.69) is 6.07 Å². The van der Waals surface area contributed by atoms with Crippen LogP contribution in [0.5, 0.6) is 0 Å². The minimum Gasteiger partial charge on any atom is -0.480 e. The van der Waals surface area contributed by atoms with E-state index >= 15 is 0 Å². The number of rotatable bonds is 6. The Kier molecular flexibility index (Phi) is 3.83. The van der Waals surface area contributed by atoms with Crippen molar-refractivity contribution in [1.29, 1.82) is 5.26 Å². The molecule has 2 fully saturated rings. The van der Waals surface area contributed by atoms with Gasteiger partial charge in [0, 0.05) is 19.0 Å². The summed E-state index contributed by atoms with van der Waals surface area (Å²) < 4.78 is 23.0. The van der Waals surface area contributed by atoms with Crippen molar-refractivity contribution in [1.82, 2.24) is 4.90 Å². The van der Waals surface area contributed by atoms with E-state index in [-0.39, 0.29) is 29.5 Å². The van der Waals surface area contributed by atoms with E-state index < -0.39 is 15.8 Å². The molecule has 1 heterocycles. The second-order valence-corrected chi connectivity index (χ2v) is 7.92. The van der Waals surface area contributed by atoms with Crippen molar-refractivity contribution in [2.45, 2.75) is 31.7 Å². The molecule has 1 aliphatic heterocycles. The molecule has 1 aliphatic carbocycles. The Hall–Kier alpha value is -1.13. The van der Waals surface area contributed by atoms with Gasteiger partial charge >= 0.3 is 5.97 Å². The maximum atomic E-state index is 11.5. The first-order valence-corrected chi connectivity index (χ1v) is 8.21. The average Bonchev–Trinajstić information content (AvgIpc) is 2.93. The van der Waals surface area contributed by atoms with Gasteiger partial charge in [-0.3, -0.25) is 9.69 Å². The van der Waals surface area contributed by atoms with Crippen LogP contribution in [0.4, 0.5) is 0 Å². The molecule has 0 aromatic carbocycles. The Morgan fingerprint density at radius 3 is 2.58 bits per heavy atom. The van der Waals surface area contributed by atoms with Gasteiger partial charge in [-0.1, -0.05) is 0 Å². The van der Waals surface area contributed by atoms with Gasteiger partial charge in [0.1, 0.15) is 0 Å². The zero-order valence-electron chi connectivity index (χ0n) is 10.7. The largest absolute Gasteiger partial charge is 0.480 e. The number of nitrogens with zero attached hydrogens (tertiary/aromatic N) is 2. The number of hydrogen-bond donors (Lipinski definition) is 1. The van der Waals surface area contributed by atoms with Crippen LogP contribution in [0, 0.1) is 16.7 Å². The van der Waals surface area contributed by atoms with E-state index in [1.54, 1.807) is 4.90 Å². The Morgan fingerprint density at radius 2 is 2.16 bits per heavy atom. The van der Waals surface area contributed by atoms with Gasteiger partial charge in [0.25, 0.3) is 0 Å². The van der Waals surface area contributed by atoms with Gasteiger partial charge in [-0.25, -0.2) is 8.42 Å². The van der Waals surface area contributed by atoms with E-state index in [1.165, 1.54) is 0 Å². The van der Waals surface area contributed by atoms with Crippen molar-refractivity contribution in [3.05, 3.63) is 0 Å². The summed E-state index contributed by atoms with van der Waals surface area (Å²) in [6, 6.07) is 1.93. The minimum absolute atomic E-state index is 0.0446. The van der Waals surface area contributed by atoms with Crippen molar-refractivity contribution < 1.29 is 18.3 Å². The van der Waals surface area contributed by atoms with Crippen LogP contribution in [0.3, 0.4) is 0 Å². The summed E-state index contributed by atoms with van der Waals surface area (Å²) in [5.41, 5.74) is -0.101. The number of carbonyl (C=O) groups is 1. The summed E-state index contributed by atoms with van der Waals surface area (Å²) >= 11 is 0. The summed E-state index contributed by atoms with van der Waals surface area (Å²) in [5.74, 6) is -0.765. The fourth-order valence-electron chi connectivity index (χ4n) is 2.72. The molecule has 0 bridgehead atoms. The van der Waals surface area contributed by atoms with Crippen molar-refractivity contribution in [2.24, 2.45) is 5.41 Å². The molecule has 6 nitrogen and oxygen atoms in total. The van der Waals surface area contributed by atoms with Crippen LogP contribution in [-0.4, -0.2) is 55.0 Å². The number of sulfone groups is 1. The Labute approximate surface area is 112 Å². The first-order valence-electron chi connectivity index (χ1n) is 6.39. The summed E-state index contributed by atoms with van der Waals surface area (Å²) in [6.07, 6.45) is 2.77. The second kappa shape index (κ2) is 5.10. The highest BCUT2D eigenvalue weighted by molar-refractivity contribution is 7.91. The number of hydrogen-bond acceptors (Lipinski definition) is 5. The topological polar surface area (TPSA) is 98.5 Å². The van der Waals surface area contributed by atoms with Gasteiger partial charge in [0.05, 0.1) is 24.1 Å². The van der Waals surface area contributed by atoms with E-state index in [0.29, 0.717) is 19.4 Å². The average molecular weight is 286 g/mol. The fourth-order valence-corrected chi connectivity index (χ4v) is 4.48. The highest BCUT2D eigenvalue weighted by atomic mass is 32.2. The van der Waals surface area contributed by atoms with Crippen LogP contribution in [0.1, 0.15) is 25.7 Å². The van der Waals surface area contributed by atoms with Crippen molar-refractivity contribution in [3.8, 4) is 6.07 Å². The highest BCUT2D eigenvalue weighted by Gasteiger charge is 2.46. The number of aliphatic carboxylic acids is 1. The minimum atomic E-state index is -3.02. The van der Waals surface area contributed by atoms with E-state index in [9.17, 15) is 13.2 Å². The lowest BCUT2D eigenvalue weighted by Crippen LogP contribution is -2.43. The van der Waals surface area contributed by atoms with Crippen molar-refractivity contribution >= 4 is 15.8 Å². The van der Waals surface area contributed by atoms with Gasteiger partial charge in [0.2, 0.25) is 0 Å². The monoisotopic (exact) mass is 286 g/mol. The summed E-state index contributed by atoms with van der Waals surface area (Å²) in [4.78, 5) is 12.7. The zero-order chi connectivity index (χ0) is 14.1. The lowest BCUT2D eigenvalue weighted by atomic mass is 10.0. The molecule has 1 unspecified atom stereocenters. The lowest BCUT2D eigenvalue weighted by Gasteiger charge is -2.29. The molecule has 2 rings (SSSR count). The van der Waals surface area contributed by atoms with Crippen LogP contribution in [0.2, 0.25) is 0 Å². The van der Waals surface area contributed by atoms with Crippen LogP contribution in [0.15, 0.2) is 0 Å². The van der Waals surface area contributed by atoms with E-state index in [0.717, 1.165) is 12.8 Å². The Bertz CT molecular complexity index is 504. The standard InChI is InChI=1S/C12H18N2O4S/c13-5-4-12(2-3-12)9-14(7-11(15)16)10-1-6-19(17,18)8-10/h10H,1-4,6-9H2,(H,15,16). The van der Waals surface area contributed by atoms with Gasteiger partial charge in [-0.05, 0) is 24.7 Å². The van der Waals surface area contributed by atoms with Crippen LogP contribution < -0.4 is 0 Å². The van der Waals surface area contributed by atoms with Crippen molar-refractivity contribution in [2.75, 3.05) is 24.6 Å². The molecule has 19 heavy (non-hydrogen) atoms. The van der Waals surface area contributed by atoms with Crippen LogP contribution in [0.25, 0.3) is 0 Å². The third-order valence-electron chi connectivity index (χ3n) is 4.01. The molecule has 1 saturated carbocycles. The second-order valence-electron chi connectivity index (χ2n) is 5.69. The normalized spacial score (nSPS) is 27.1. The lowest BCUT2D eigenvalue weighted by molar-refractivity contribution is -0.139. The highest BCUT2D eigenvalue weighted by Crippen LogP contribution is 2.49. The van der Waals surface area contributed by atoms with Crippen LogP contribution in [-0.2, 0) is 14.6 Å². The molecule has 2 aliphatic rings. The molecule has 0 radical (unpaired) electrons. The Balaban J connectivity index is 2.05. The predicted octanol–water partition coefficient (Wildman–Crippen LogP) is 0.254. The molecule has 1 N–H and O–H groups in total. The summed E-state index contributed by atoms with van der Waals surface area (Å²) in [6.45, 7) is 0.375. The fraction of sp³-hybridized carbons (Fsp3) is 0.833. The van der Waals surface area contributed by atoms with Gasteiger partial charge < -0.3 is 5.11 Å². The molecule has 0 aromatic rings. The number of carboxylic acid groups (broad SMARTS) is 1. The molecular weight excluding hydrogens is 268 g/mol. The Morgan fingerprint density at radius 1 is 1.47 bits per heavy atom. The van der Waals surface area contributed by atoms with Gasteiger partial charge in [-0.15, -0.1) is 0 Å². The zero-order valence-corrected chi connectivity index (χ0v) is 11.5. The van der Waals surface area contributed by atoms with E-state index in [4.69, 9.17) is 10.4 Å². The third kappa shape index (κ3) is 3.67. The number of nitriles is 1. The maximum absolute atomic E-state index is 11.5. The van der Waals surface area contributed by atoms with Crippen LogP contribution >= 0.6 is 0 Å². The third-order valence-corrected chi connectivity index (χ3v) is 5.76. The molecule has 1 saturated heterocycles. The van der Waals surface area contributed by atoms with Gasteiger partial charge in [0.15, 0.2) is 9.84 Å². The van der Waals surface area contributed by atoms with Gasteiger partial charge in [-0.2, -0.15) is 5.26 Å². The summed E-state index contributed by atoms with van der Waals surface area (Å²) in [5, 5.41) is 17.8. The molecule has 0 spiro atoms. The van der Waals surface area contributed by atoms with E-state index in [1.807, 2.05) is 0 Å². The molecule has 1 atom stereocenters. The molecule has 0 amide bonds. The predicted molar refractivity (Wildman–Crippen MR) is 68.2 cm³/mol. The first kappa shape index (κ1) is 14.3. The molecule has 0 aromatic heterocycles.